The molecular formula is C9H5ClN2O4. The molecule has 0 spiro atoms. The average Bonchev–Trinajstić information content (AvgIpc) is 2.26. The van der Waals surface area contributed by atoms with E-state index in [4.69, 9.17) is 16.9 Å². The van der Waals surface area contributed by atoms with Crippen molar-refractivity contribution in [1.29, 1.82) is 5.26 Å². The molecule has 0 radical (unpaired) electrons. The van der Waals surface area contributed by atoms with E-state index in [0.717, 1.165) is 13.2 Å². The summed E-state index contributed by atoms with van der Waals surface area (Å²) in [5.74, 6) is -0.877. The highest BCUT2D eigenvalue weighted by Gasteiger charge is 2.26. The van der Waals surface area contributed by atoms with Gasteiger partial charge in [0.15, 0.2) is 0 Å². The van der Waals surface area contributed by atoms with Gasteiger partial charge in [-0.15, -0.1) is 0 Å². The third kappa shape index (κ3) is 1.94. The minimum absolute atomic E-state index is 0.0685. The number of hydrogen-bond acceptors (Lipinski definition) is 5. The molecule has 0 aliphatic heterocycles. The van der Waals surface area contributed by atoms with Crippen LogP contribution in [0.4, 0.5) is 5.69 Å². The van der Waals surface area contributed by atoms with Crippen LogP contribution >= 0.6 is 11.6 Å². The molecule has 0 aliphatic carbocycles. The van der Waals surface area contributed by atoms with Gasteiger partial charge in [-0.1, -0.05) is 11.6 Å². The van der Waals surface area contributed by atoms with Crippen LogP contribution in [0.3, 0.4) is 0 Å². The van der Waals surface area contributed by atoms with Crippen LogP contribution in [0.1, 0.15) is 15.9 Å². The van der Waals surface area contributed by atoms with E-state index in [1.807, 2.05) is 0 Å². The van der Waals surface area contributed by atoms with Crippen molar-refractivity contribution in [2.75, 3.05) is 7.11 Å². The highest BCUT2D eigenvalue weighted by molar-refractivity contribution is 6.34. The van der Waals surface area contributed by atoms with Gasteiger partial charge in [-0.05, 0) is 12.1 Å². The molecule has 0 saturated carbocycles. The SMILES string of the molecule is COC(=O)c1ccc(C#N)c(Cl)c1[N+](=O)[O-]. The molecule has 1 rings (SSSR count). The highest BCUT2D eigenvalue weighted by Crippen LogP contribution is 2.31. The first-order chi connectivity index (χ1) is 7.52. The van der Waals surface area contributed by atoms with E-state index >= 15 is 0 Å². The molecule has 0 N–H and O–H groups in total. The summed E-state index contributed by atoms with van der Waals surface area (Å²) in [5.41, 5.74) is -0.968. The lowest BCUT2D eigenvalue weighted by Crippen LogP contribution is -2.06. The number of halogens is 1. The number of carbonyl (C=O) groups is 1. The number of ether oxygens (including phenoxy) is 1. The number of nitro groups is 1. The zero-order chi connectivity index (χ0) is 12.3. The van der Waals surface area contributed by atoms with Crippen LogP contribution in [0, 0.1) is 21.4 Å². The smallest absolute Gasteiger partial charge is 0.344 e. The summed E-state index contributed by atoms with van der Waals surface area (Å²) in [5, 5.41) is 19.0. The molecule has 0 unspecified atom stereocenters. The van der Waals surface area contributed by atoms with Crippen LogP contribution in [0.25, 0.3) is 0 Å². The summed E-state index contributed by atoms with van der Waals surface area (Å²) < 4.78 is 4.37. The monoisotopic (exact) mass is 240 g/mol. The van der Waals surface area contributed by atoms with Crippen molar-refractivity contribution in [3.05, 3.63) is 38.4 Å². The number of esters is 1. The molecule has 16 heavy (non-hydrogen) atoms. The van der Waals surface area contributed by atoms with Gasteiger partial charge in [0, 0.05) is 0 Å². The first-order valence-corrected chi connectivity index (χ1v) is 4.36. The van der Waals surface area contributed by atoms with Crippen molar-refractivity contribution in [1.82, 2.24) is 0 Å². The van der Waals surface area contributed by atoms with Crippen molar-refractivity contribution in [2.24, 2.45) is 0 Å². The van der Waals surface area contributed by atoms with E-state index in [2.05, 4.69) is 4.74 Å². The number of carbonyl (C=O) groups excluding carboxylic acids is 1. The number of methoxy groups -OCH3 is 1. The molecule has 0 heterocycles. The zero-order valence-electron chi connectivity index (χ0n) is 8.06. The first-order valence-electron chi connectivity index (χ1n) is 3.98. The summed E-state index contributed by atoms with van der Waals surface area (Å²) in [6.45, 7) is 0. The maximum absolute atomic E-state index is 11.2. The van der Waals surface area contributed by atoms with E-state index in [0.29, 0.717) is 0 Å². The lowest BCUT2D eigenvalue weighted by atomic mass is 10.1. The van der Waals surface area contributed by atoms with Crippen LogP contribution < -0.4 is 0 Å². The van der Waals surface area contributed by atoms with Gasteiger partial charge in [-0.3, -0.25) is 10.1 Å². The fourth-order valence-corrected chi connectivity index (χ4v) is 1.38. The molecule has 0 atom stereocenters. The van der Waals surface area contributed by atoms with E-state index < -0.39 is 16.6 Å². The third-order valence-electron chi connectivity index (χ3n) is 1.82. The van der Waals surface area contributed by atoms with E-state index in [9.17, 15) is 14.9 Å². The Morgan fingerprint density at radius 3 is 2.69 bits per heavy atom. The topological polar surface area (TPSA) is 93.2 Å². The Morgan fingerprint density at radius 2 is 2.25 bits per heavy atom. The van der Waals surface area contributed by atoms with E-state index in [1.54, 1.807) is 6.07 Å². The molecule has 0 amide bonds. The van der Waals surface area contributed by atoms with Gasteiger partial charge in [0.25, 0.3) is 0 Å². The van der Waals surface area contributed by atoms with Gasteiger partial charge in [0.1, 0.15) is 16.7 Å². The first kappa shape index (κ1) is 11.9. The van der Waals surface area contributed by atoms with Crippen molar-refractivity contribution in [3.8, 4) is 6.07 Å². The molecular weight excluding hydrogens is 236 g/mol. The molecule has 1 aromatic rings. The van der Waals surface area contributed by atoms with Crippen molar-refractivity contribution >= 4 is 23.3 Å². The lowest BCUT2D eigenvalue weighted by Gasteiger charge is -2.03. The Bertz CT molecular complexity index is 507. The maximum atomic E-state index is 11.2. The van der Waals surface area contributed by atoms with Gasteiger partial charge >= 0.3 is 11.7 Å². The molecule has 0 saturated heterocycles. The second kappa shape index (κ2) is 4.59. The minimum Gasteiger partial charge on any atom is -0.465 e. The molecule has 0 aromatic heterocycles. The maximum Gasteiger partial charge on any atom is 0.344 e. The van der Waals surface area contributed by atoms with Gasteiger partial charge in [0.05, 0.1) is 17.6 Å². The number of rotatable bonds is 2. The second-order valence-corrected chi connectivity index (χ2v) is 3.06. The van der Waals surface area contributed by atoms with Crippen molar-refractivity contribution in [3.63, 3.8) is 0 Å². The van der Waals surface area contributed by atoms with Gasteiger partial charge in [0.2, 0.25) is 0 Å². The number of nitro benzene ring substituents is 1. The Kier molecular flexibility index (Phi) is 3.43. The van der Waals surface area contributed by atoms with Crippen LogP contribution in [-0.2, 0) is 4.74 Å². The summed E-state index contributed by atoms with van der Waals surface area (Å²) in [7, 11) is 1.10. The third-order valence-corrected chi connectivity index (χ3v) is 2.21. The summed E-state index contributed by atoms with van der Waals surface area (Å²) >= 11 is 5.64. The van der Waals surface area contributed by atoms with Gasteiger partial charge in [-0.2, -0.15) is 5.26 Å². The van der Waals surface area contributed by atoms with Crippen LogP contribution in [0.5, 0.6) is 0 Å². The lowest BCUT2D eigenvalue weighted by molar-refractivity contribution is -0.385. The Labute approximate surface area is 95.2 Å². The second-order valence-electron chi connectivity index (χ2n) is 2.68. The Hall–Kier alpha value is -2.13. The molecule has 82 valence electrons. The Morgan fingerprint density at radius 1 is 1.62 bits per heavy atom. The highest BCUT2D eigenvalue weighted by atomic mass is 35.5. The quantitative estimate of drug-likeness (QED) is 0.447. The molecule has 7 heteroatoms. The number of nitriles is 1. The van der Waals surface area contributed by atoms with Crippen LogP contribution in [0.15, 0.2) is 12.1 Å². The molecule has 0 aliphatic rings. The van der Waals surface area contributed by atoms with E-state index in [1.165, 1.54) is 6.07 Å². The van der Waals surface area contributed by atoms with Crippen molar-refractivity contribution in [2.45, 2.75) is 0 Å². The number of hydrogen-bond donors (Lipinski definition) is 0. The molecule has 6 nitrogen and oxygen atoms in total. The molecule has 1 aromatic carbocycles. The fraction of sp³-hybridized carbons (Fsp3) is 0.111. The number of benzene rings is 1. The van der Waals surface area contributed by atoms with Crippen LogP contribution in [0.2, 0.25) is 5.02 Å². The minimum atomic E-state index is -0.877. The molecule has 0 bridgehead atoms. The van der Waals surface area contributed by atoms with Crippen molar-refractivity contribution < 1.29 is 14.5 Å². The standard InChI is InChI=1S/C9H5ClN2O4/c1-16-9(13)6-3-2-5(4-11)7(10)8(6)12(14)15/h2-3H,1H3. The average molecular weight is 241 g/mol. The summed E-state index contributed by atoms with van der Waals surface area (Å²) in [4.78, 5) is 21.1. The summed E-state index contributed by atoms with van der Waals surface area (Å²) in [6.07, 6.45) is 0. The van der Waals surface area contributed by atoms with Gasteiger partial charge in [-0.25, -0.2) is 4.79 Å². The zero-order valence-corrected chi connectivity index (χ0v) is 8.82. The fourth-order valence-electron chi connectivity index (χ4n) is 1.10. The summed E-state index contributed by atoms with van der Waals surface area (Å²) in [6, 6.07) is 4.04. The predicted molar refractivity (Wildman–Crippen MR) is 54.2 cm³/mol. The van der Waals surface area contributed by atoms with Gasteiger partial charge < -0.3 is 4.74 Å². The largest absolute Gasteiger partial charge is 0.465 e. The normalized spacial score (nSPS) is 9.31. The number of nitrogens with zero attached hydrogens (tertiary/aromatic N) is 2. The van der Waals surface area contributed by atoms with E-state index in [-0.39, 0.29) is 16.1 Å². The van der Waals surface area contributed by atoms with Crippen LogP contribution in [-0.4, -0.2) is 18.0 Å². The Balaban J connectivity index is 3.54. The predicted octanol–water partition coefficient (Wildman–Crippen LogP) is 1.91. The molecule has 0 fully saturated rings.